The van der Waals surface area contributed by atoms with E-state index < -0.39 is 11.9 Å². The molecule has 0 saturated heterocycles. The minimum Gasteiger partial charge on any atom is -0.468 e. The molecule has 1 aromatic carbocycles. The third-order valence-corrected chi connectivity index (χ3v) is 6.19. The number of esters is 2. The van der Waals surface area contributed by atoms with E-state index in [4.69, 9.17) is 9.47 Å². The Bertz CT molecular complexity index is 1160. The van der Waals surface area contributed by atoms with Gasteiger partial charge in [-0.1, -0.05) is 35.2 Å². The van der Waals surface area contributed by atoms with Crippen LogP contribution in [0.2, 0.25) is 0 Å². The normalized spacial score (nSPS) is 10.8. The average Bonchev–Trinajstić information content (AvgIpc) is 3.17. The molecule has 0 bridgehead atoms. The zero-order valence-corrected chi connectivity index (χ0v) is 19.0. The van der Waals surface area contributed by atoms with Crippen molar-refractivity contribution >= 4 is 51.1 Å². The molecule has 3 rings (SSSR count). The summed E-state index contributed by atoms with van der Waals surface area (Å²) >= 11 is 2.43. The number of nitrogens with one attached hydrogen (secondary N) is 1. The summed E-state index contributed by atoms with van der Waals surface area (Å²) in [6, 6.07) is 6.92. The Morgan fingerprint density at radius 3 is 2.71 bits per heavy atom. The lowest BCUT2D eigenvalue weighted by Gasteiger charge is -2.12. The standard InChI is InChI=1S/C20H22N4O5S2/c1-4-21-19-22-14(16(31-19)18(27)29-5-2)11-30-20-23-13-9-7-6-8-12(13)17(26)24(20)10-15(25)28-3/h6-9H,4-5,10-11H2,1-3H3,(H,21,22). The number of hydrogen-bond donors (Lipinski definition) is 1. The van der Waals surface area contributed by atoms with Gasteiger partial charge in [0.15, 0.2) is 10.3 Å². The number of nitrogens with zero attached hydrogens (tertiary/aromatic N) is 3. The molecule has 0 amide bonds. The zero-order chi connectivity index (χ0) is 22.4. The number of anilines is 1. The first-order chi connectivity index (χ1) is 15.0. The Morgan fingerprint density at radius 2 is 2.00 bits per heavy atom. The van der Waals surface area contributed by atoms with Gasteiger partial charge in [0.2, 0.25) is 0 Å². The van der Waals surface area contributed by atoms with E-state index in [2.05, 4.69) is 15.3 Å². The van der Waals surface area contributed by atoms with Crippen molar-refractivity contribution in [2.75, 3.05) is 25.6 Å². The van der Waals surface area contributed by atoms with Crippen LogP contribution in [-0.4, -0.2) is 46.7 Å². The molecule has 0 fully saturated rings. The van der Waals surface area contributed by atoms with Crippen molar-refractivity contribution in [2.24, 2.45) is 0 Å². The van der Waals surface area contributed by atoms with E-state index >= 15 is 0 Å². The van der Waals surface area contributed by atoms with Crippen LogP contribution in [0, 0.1) is 0 Å². The maximum atomic E-state index is 13.0. The topological polar surface area (TPSA) is 112 Å². The summed E-state index contributed by atoms with van der Waals surface area (Å²) in [6.45, 7) is 4.32. The van der Waals surface area contributed by atoms with E-state index in [9.17, 15) is 14.4 Å². The minimum atomic E-state index is -0.559. The van der Waals surface area contributed by atoms with Crippen LogP contribution in [0.25, 0.3) is 10.9 Å². The molecule has 9 nitrogen and oxygen atoms in total. The number of thiazole rings is 1. The van der Waals surface area contributed by atoms with Crippen molar-refractivity contribution in [1.82, 2.24) is 14.5 Å². The Balaban J connectivity index is 1.98. The Morgan fingerprint density at radius 1 is 1.23 bits per heavy atom. The molecular weight excluding hydrogens is 440 g/mol. The molecule has 31 heavy (non-hydrogen) atoms. The third-order valence-electron chi connectivity index (χ3n) is 4.17. The van der Waals surface area contributed by atoms with Gasteiger partial charge in [-0.2, -0.15) is 0 Å². The fourth-order valence-electron chi connectivity index (χ4n) is 2.76. The molecule has 2 heterocycles. The van der Waals surface area contributed by atoms with Gasteiger partial charge in [-0.3, -0.25) is 14.2 Å². The first-order valence-electron chi connectivity index (χ1n) is 9.58. The van der Waals surface area contributed by atoms with E-state index in [1.807, 2.05) is 6.92 Å². The van der Waals surface area contributed by atoms with E-state index in [0.29, 0.717) is 38.3 Å². The first kappa shape index (κ1) is 22.8. The van der Waals surface area contributed by atoms with E-state index in [-0.39, 0.29) is 24.5 Å². The van der Waals surface area contributed by atoms with Crippen LogP contribution in [-0.2, 0) is 26.6 Å². The summed E-state index contributed by atoms with van der Waals surface area (Å²) < 4.78 is 11.2. The third kappa shape index (κ3) is 5.23. The van der Waals surface area contributed by atoms with Crippen molar-refractivity contribution in [3.8, 4) is 0 Å². The predicted molar refractivity (Wildman–Crippen MR) is 120 cm³/mol. The fraction of sp³-hybridized carbons (Fsp3) is 0.350. The molecule has 11 heteroatoms. The quantitative estimate of drug-likeness (QED) is 0.291. The average molecular weight is 463 g/mol. The number of carbonyl (C=O) groups is 2. The second-order valence-electron chi connectivity index (χ2n) is 6.21. The molecule has 0 aliphatic rings. The number of para-hydroxylation sites is 1. The number of fused-ring (bicyclic) bond motifs is 1. The lowest BCUT2D eigenvalue weighted by molar-refractivity contribution is -0.141. The van der Waals surface area contributed by atoms with Gasteiger partial charge in [0.1, 0.15) is 11.4 Å². The number of methoxy groups -OCH3 is 1. The number of ether oxygens (including phenoxy) is 2. The maximum absolute atomic E-state index is 13.0. The molecule has 1 N–H and O–H groups in total. The summed E-state index contributed by atoms with van der Waals surface area (Å²) in [6.07, 6.45) is 0. The summed E-state index contributed by atoms with van der Waals surface area (Å²) in [5.74, 6) is -0.739. The van der Waals surface area contributed by atoms with E-state index in [0.717, 1.165) is 0 Å². The summed E-state index contributed by atoms with van der Waals surface area (Å²) in [5, 5.41) is 4.45. The van der Waals surface area contributed by atoms with Crippen molar-refractivity contribution in [1.29, 1.82) is 0 Å². The Labute approximate surface area is 186 Å². The molecule has 0 spiro atoms. The smallest absolute Gasteiger partial charge is 0.350 e. The highest BCUT2D eigenvalue weighted by Crippen LogP contribution is 2.29. The van der Waals surface area contributed by atoms with Crippen LogP contribution in [0.1, 0.15) is 29.2 Å². The van der Waals surface area contributed by atoms with Gasteiger partial charge in [-0.05, 0) is 26.0 Å². The van der Waals surface area contributed by atoms with Gasteiger partial charge >= 0.3 is 11.9 Å². The lowest BCUT2D eigenvalue weighted by atomic mass is 10.2. The number of hydrogen-bond acceptors (Lipinski definition) is 10. The molecular formula is C20H22N4O5S2. The van der Waals surface area contributed by atoms with Gasteiger partial charge in [0.05, 0.1) is 30.3 Å². The summed E-state index contributed by atoms with van der Waals surface area (Å²) in [4.78, 5) is 46.6. The maximum Gasteiger partial charge on any atom is 0.350 e. The first-order valence-corrected chi connectivity index (χ1v) is 11.4. The van der Waals surface area contributed by atoms with Gasteiger partial charge in [-0.15, -0.1) is 0 Å². The highest BCUT2D eigenvalue weighted by atomic mass is 32.2. The SMILES string of the molecule is CCNc1nc(CSc2nc3ccccc3c(=O)n2CC(=O)OC)c(C(=O)OCC)s1. The molecule has 0 aliphatic carbocycles. The number of thioether (sulfide) groups is 1. The molecule has 164 valence electrons. The van der Waals surface area contributed by atoms with Gasteiger partial charge in [-0.25, -0.2) is 14.8 Å². The Hall–Kier alpha value is -2.92. The number of benzene rings is 1. The summed E-state index contributed by atoms with van der Waals surface area (Å²) in [7, 11) is 1.26. The van der Waals surface area contributed by atoms with Crippen molar-refractivity contribution < 1.29 is 19.1 Å². The van der Waals surface area contributed by atoms with Crippen LogP contribution in [0.5, 0.6) is 0 Å². The van der Waals surface area contributed by atoms with Crippen molar-refractivity contribution in [3.63, 3.8) is 0 Å². The van der Waals surface area contributed by atoms with Crippen LogP contribution in [0.15, 0.2) is 34.2 Å². The molecule has 0 radical (unpaired) electrons. The second kappa shape index (κ2) is 10.4. The Kier molecular flexibility index (Phi) is 7.64. The van der Waals surface area contributed by atoms with Gasteiger partial charge in [0, 0.05) is 12.3 Å². The predicted octanol–water partition coefficient (Wildman–Crippen LogP) is 2.93. The monoisotopic (exact) mass is 462 g/mol. The highest BCUT2D eigenvalue weighted by molar-refractivity contribution is 7.98. The van der Waals surface area contributed by atoms with E-state index in [1.165, 1.54) is 34.8 Å². The van der Waals surface area contributed by atoms with Crippen LogP contribution in [0.3, 0.4) is 0 Å². The number of aromatic nitrogens is 3. The molecule has 3 aromatic rings. The highest BCUT2D eigenvalue weighted by Gasteiger charge is 2.21. The summed E-state index contributed by atoms with van der Waals surface area (Å²) in [5.41, 5.74) is 0.709. The number of carbonyl (C=O) groups excluding carboxylic acids is 2. The molecule has 2 aromatic heterocycles. The molecule has 0 unspecified atom stereocenters. The van der Waals surface area contributed by atoms with Crippen LogP contribution < -0.4 is 10.9 Å². The van der Waals surface area contributed by atoms with E-state index in [1.54, 1.807) is 31.2 Å². The van der Waals surface area contributed by atoms with Crippen molar-refractivity contribution in [3.05, 3.63) is 45.2 Å². The molecule has 0 aliphatic heterocycles. The zero-order valence-electron chi connectivity index (χ0n) is 17.3. The van der Waals surface area contributed by atoms with Crippen LogP contribution >= 0.6 is 23.1 Å². The molecule has 0 saturated carbocycles. The number of rotatable bonds is 9. The lowest BCUT2D eigenvalue weighted by Crippen LogP contribution is -2.27. The van der Waals surface area contributed by atoms with Crippen LogP contribution in [0.4, 0.5) is 5.13 Å². The second-order valence-corrected chi connectivity index (χ2v) is 8.15. The van der Waals surface area contributed by atoms with Gasteiger partial charge < -0.3 is 14.8 Å². The van der Waals surface area contributed by atoms with Gasteiger partial charge in [0.25, 0.3) is 5.56 Å². The minimum absolute atomic E-state index is 0.255. The fourth-order valence-corrected chi connectivity index (χ4v) is 4.73. The van der Waals surface area contributed by atoms with Crippen molar-refractivity contribution in [2.45, 2.75) is 31.3 Å². The largest absolute Gasteiger partial charge is 0.468 e. The molecule has 0 atom stereocenters.